The summed E-state index contributed by atoms with van der Waals surface area (Å²) in [6, 6.07) is 0.689. The second-order valence-corrected chi connectivity index (χ2v) is 5.14. The molecule has 0 radical (unpaired) electrons. The van der Waals surface area contributed by atoms with Crippen molar-refractivity contribution in [3.05, 3.63) is 12.2 Å². The first-order chi connectivity index (χ1) is 7.54. The molecule has 0 spiro atoms. The Labute approximate surface area is 100 Å². The Morgan fingerprint density at radius 2 is 2.12 bits per heavy atom. The van der Waals surface area contributed by atoms with Gasteiger partial charge < -0.3 is 15.5 Å². The summed E-state index contributed by atoms with van der Waals surface area (Å²) in [4.78, 5) is 4.81. The standard InChI is InChI=1S/C13H27N3/c1-5-11(2)9-12(14)13-10-15(3)7-6-8-16(13)4/h12-13H,2,5-10,14H2,1,3-4H3. The van der Waals surface area contributed by atoms with Crippen LogP contribution in [0.2, 0.25) is 0 Å². The maximum absolute atomic E-state index is 6.32. The highest BCUT2D eigenvalue weighted by Gasteiger charge is 2.25. The number of hydrogen-bond acceptors (Lipinski definition) is 3. The topological polar surface area (TPSA) is 32.5 Å². The van der Waals surface area contributed by atoms with Gasteiger partial charge in [0.2, 0.25) is 0 Å². The minimum atomic E-state index is 0.220. The van der Waals surface area contributed by atoms with Crippen molar-refractivity contribution in [2.45, 2.75) is 38.3 Å². The van der Waals surface area contributed by atoms with Gasteiger partial charge in [-0.3, -0.25) is 0 Å². The summed E-state index contributed by atoms with van der Waals surface area (Å²) in [6.45, 7) is 9.63. The van der Waals surface area contributed by atoms with Crippen molar-refractivity contribution in [1.82, 2.24) is 9.80 Å². The second-order valence-electron chi connectivity index (χ2n) is 5.14. The summed E-state index contributed by atoms with van der Waals surface area (Å²) in [7, 11) is 4.38. The van der Waals surface area contributed by atoms with E-state index in [9.17, 15) is 0 Å². The molecule has 2 unspecified atom stereocenters. The molecule has 0 aromatic carbocycles. The van der Waals surface area contributed by atoms with E-state index in [1.165, 1.54) is 18.5 Å². The molecule has 94 valence electrons. The highest BCUT2D eigenvalue weighted by molar-refractivity contribution is 4.99. The third-order valence-electron chi connectivity index (χ3n) is 3.63. The molecule has 1 aliphatic rings. The Morgan fingerprint density at radius 3 is 2.75 bits per heavy atom. The molecule has 0 bridgehead atoms. The number of nitrogens with two attached hydrogens (primary N) is 1. The molecule has 1 heterocycles. The van der Waals surface area contributed by atoms with Crippen LogP contribution in [-0.2, 0) is 0 Å². The van der Waals surface area contributed by atoms with Crippen LogP contribution in [0.4, 0.5) is 0 Å². The molecule has 1 fully saturated rings. The third kappa shape index (κ3) is 3.89. The minimum Gasteiger partial charge on any atom is -0.326 e. The lowest BCUT2D eigenvalue weighted by Gasteiger charge is -2.32. The van der Waals surface area contributed by atoms with E-state index in [0.29, 0.717) is 6.04 Å². The van der Waals surface area contributed by atoms with Crippen LogP contribution in [0.1, 0.15) is 26.2 Å². The fourth-order valence-electron chi connectivity index (χ4n) is 2.38. The molecule has 3 heteroatoms. The summed E-state index contributed by atoms with van der Waals surface area (Å²) >= 11 is 0. The largest absolute Gasteiger partial charge is 0.326 e. The first-order valence-electron chi connectivity index (χ1n) is 6.35. The van der Waals surface area contributed by atoms with Crippen LogP contribution in [0.3, 0.4) is 0 Å². The molecule has 3 nitrogen and oxygen atoms in total. The van der Waals surface area contributed by atoms with Crippen molar-refractivity contribution in [2.24, 2.45) is 5.73 Å². The van der Waals surface area contributed by atoms with E-state index in [-0.39, 0.29) is 6.04 Å². The predicted molar refractivity (Wildman–Crippen MR) is 70.6 cm³/mol. The van der Waals surface area contributed by atoms with Crippen molar-refractivity contribution < 1.29 is 0 Å². The Bertz CT molecular complexity index is 227. The van der Waals surface area contributed by atoms with E-state index in [0.717, 1.165) is 25.9 Å². The van der Waals surface area contributed by atoms with Crippen LogP contribution in [0.15, 0.2) is 12.2 Å². The highest BCUT2D eigenvalue weighted by atomic mass is 15.2. The van der Waals surface area contributed by atoms with E-state index < -0.39 is 0 Å². The minimum absolute atomic E-state index is 0.220. The van der Waals surface area contributed by atoms with Gasteiger partial charge in [-0.25, -0.2) is 0 Å². The zero-order chi connectivity index (χ0) is 12.1. The number of nitrogens with zero attached hydrogens (tertiary/aromatic N) is 2. The molecule has 0 amide bonds. The molecule has 2 N–H and O–H groups in total. The number of rotatable bonds is 4. The van der Waals surface area contributed by atoms with E-state index in [1.807, 2.05) is 0 Å². The average molecular weight is 225 g/mol. The predicted octanol–water partition coefficient (Wildman–Crippen LogP) is 1.31. The van der Waals surface area contributed by atoms with Gasteiger partial charge in [-0.15, -0.1) is 0 Å². The van der Waals surface area contributed by atoms with E-state index >= 15 is 0 Å². The molecular formula is C13H27N3. The summed E-state index contributed by atoms with van der Waals surface area (Å²) in [5.41, 5.74) is 7.59. The normalized spacial score (nSPS) is 26.4. The van der Waals surface area contributed by atoms with Crippen molar-refractivity contribution in [3.63, 3.8) is 0 Å². The summed E-state index contributed by atoms with van der Waals surface area (Å²) < 4.78 is 0. The van der Waals surface area contributed by atoms with Gasteiger partial charge in [-0.1, -0.05) is 19.1 Å². The maximum Gasteiger partial charge on any atom is 0.0374 e. The molecular weight excluding hydrogens is 198 g/mol. The maximum atomic E-state index is 6.32. The van der Waals surface area contributed by atoms with Crippen LogP contribution in [0, 0.1) is 0 Å². The van der Waals surface area contributed by atoms with Gasteiger partial charge in [0.05, 0.1) is 0 Å². The third-order valence-corrected chi connectivity index (χ3v) is 3.63. The van der Waals surface area contributed by atoms with E-state index in [1.54, 1.807) is 0 Å². The van der Waals surface area contributed by atoms with Gasteiger partial charge in [0, 0.05) is 18.6 Å². The fraction of sp³-hybridized carbons (Fsp3) is 0.846. The average Bonchev–Trinajstić information content (AvgIpc) is 2.40. The van der Waals surface area contributed by atoms with Crippen molar-refractivity contribution in [1.29, 1.82) is 0 Å². The Hall–Kier alpha value is -0.380. The highest BCUT2D eigenvalue weighted by Crippen LogP contribution is 2.15. The lowest BCUT2D eigenvalue weighted by atomic mass is 9.98. The quantitative estimate of drug-likeness (QED) is 0.732. The van der Waals surface area contributed by atoms with Gasteiger partial charge >= 0.3 is 0 Å². The molecule has 16 heavy (non-hydrogen) atoms. The molecule has 1 rings (SSSR count). The number of hydrogen-bond donors (Lipinski definition) is 1. The fourth-order valence-corrected chi connectivity index (χ4v) is 2.38. The molecule has 0 aromatic heterocycles. The van der Waals surface area contributed by atoms with Crippen LogP contribution >= 0.6 is 0 Å². The van der Waals surface area contributed by atoms with E-state index in [4.69, 9.17) is 5.73 Å². The van der Waals surface area contributed by atoms with Crippen molar-refractivity contribution in [2.75, 3.05) is 33.7 Å². The Morgan fingerprint density at radius 1 is 1.44 bits per heavy atom. The van der Waals surface area contributed by atoms with Crippen LogP contribution in [-0.4, -0.2) is 55.6 Å². The van der Waals surface area contributed by atoms with Crippen LogP contribution in [0.25, 0.3) is 0 Å². The molecule has 0 aromatic rings. The summed E-state index contributed by atoms with van der Waals surface area (Å²) in [5.74, 6) is 0. The molecule has 0 saturated carbocycles. The lowest BCUT2D eigenvalue weighted by Crippen LogP contribution is -2.50. The Kier molecular flexibility index (Phi) is 5.46. The molecule has 2 atom stereocenters. The van der Waals surface area contributed by atoms with Crippen LogP contribution < -0.4 is 5.73 Å². The first-order valence-corrected chi connectivity index (χ1v) is 6.35. The molecule has 0 aliphatic carbocycles. The van der Waals surface area contributed by atoms with Gasteiger partial charge in [0.15, 0.2) is 0 Å². The van der Waals surface area contributed by atoms with Crippen molar-refractivity contribution in [3.8, 4) is 0 Å². The molecule has 1 aliphatic heterocycles. The first kappa shape index (κ1) is 13.7. The molecule has 1 saturated heterocycles. The lowest BCUT2D eigenvalue weighted by molar-refractivity contribution is 0.195. The van der Waals surface area contributed by atoms with E-state index in [2.05, 4.69) is 37.4 Å². The van der Waals surface area contributed by atoms with Gasteiger partial charge in [0.25, 0.3) is 0 Å². The summed E-state index contributed by atoms with van der Waals surface area (Å²) in [6.07, 6.45) is 3.24. The Balaban J connectivity index is 2.56. The van der Waals surface area contributed by atoms with Gasteiger partial charge in [-0.2, -0.15) is 0 Å². The van der Waals surface area contributed by atoms with Gasteiger partial charge in [0.1, 0.15) is 0 Å². The zero-order valence-electron chi connectivity index (χ0n) is 11.1. The number of likely N-dealkylation sites (N-methyl/N-ethyl adjacent to an activating group) is 2. The monoisotopic (exact) mass is 225 g/mol. The van der Waals surface area contributed by atoms with Crippen molar-refractivity contribution >= 4 is 0 Å². The second kappa shape index (κ2) is 6.38. The SMILES string of the molecule is C=C(CC)CC(N)C1CN(C)CCCN1C. The smallest absolute Gasteiger partial charge is 0.0374 e. The van der Waals surface area contributed by atoms with Gasteiger partial charge in [-0.05, 0) is 46.4 Å². The van der Waals surface area contributed by atoms with Crippen LogP contribution in [0.5, 0.6) is 0 Å². The zero-order valence-corrected chi connectivity index (χ0v) is 11.1. The summed E-state index contributed by atoms with van der Waals surface area (Å²) in [5, 5.41) is 0.